The number of benzene rings is 6. The summed E-state index contributed by atoms with van der Waals surface area (Å²) in [7, 11) is 12.7. The van der Waals surface area contributed by atoms with Crippen molar-refractivity contribution in [3.05, 3.63) is 171 Å². The van der Waals surface area contributed by atoms with Gasteiger partial charge in [-0.3, -0.25) is 48.2 Å². The number of fused-ring (bicyclic) bond motifs is 8. The number of aryl methyl sites for hydroxylation is 5. The predicted molar refractivity (Wildman–Crippen MR) is 388 cm³/mol. The second kappa shape index (κ2) is 34.1. The molecule has 0 radical (unpaired) electrons. The number of furan rings is 2. The summed E-state index contributed by atoms with van der Waals surface area (Å²) < 4.78 is 49.2. The number of carbonyl (C=O) groups excluding carboxylic acids is 4. The van der Waals surface area contributed by atoms with Gasteiger partial charge in [-0.05, 0) is 163 Å². The monoisotopic (exact) mass is 1770 g/mol. The van der Waals surface area contributed by atoms with Crippen LogP contribution in [-0.4, -0.2) is 122 Å². The number of aromatic nitrogens is 12. The van der Waals surface area contributed by atoms with E-state index < -0.39 is 0 Å². The third-order valence-corrected chi connectivity index (χ3v) is 18.0. The number of aromatic amines is 1. The Hall–Kier alpha value is -9.15. The molecule has 516 valence electrons. The number of phenols is 1. The number of H-pyrrole nitrogens is 1. The van der Waals surface area contributed by atoms with Gasteiger partial charge in [0.25, 0.3) is 0 Å². The first-order chi connectivity index (χ1) is 46.6. The number of methoxy groups -OCH3 is 2. The van der Waals surface area contributed by atoms with Crippen molar-refractivity contribution in [2.75, 3.05) is 34.0 Å². The molecule has 99 heavy (non-hydrogen) atoms. The molecule has 14 aromatic rings. The Morgan fingerprint density at radius 2 is 1.06 bits per heavy atom. The Morgan fingerprint density at radius 3 is 1.61 bits per heavy atom. The van der Waals surface area contributed by atoms with Crippen LogP contribution >= 0.6 is 63.7 Å². The van der Waals surface area contributed by atoms with Crippen molar-refractivity contribution in [3.8, 4) is 23.0 Å². The summed E-state index contributed by atoms with van der Waals surface area (Å²) in [5.41, 5.74) is 9.28. The SMILES string of the molecule is CCOC(=O)/C=C/COc1cc2cnn(C)c2cc1Br.CCOC(=O)Cc1coc2cc3cnn(C)c3cc12.COc1cc2cn[nH]c2cc1Br.COc1cc2cnn(C)c2cc1Br.Cn1ncc2cc(O)c(Br)cc21.Cn1ncc2cc3occ(C4CCC(=O)NC4=O)c3cc21.[CH3-].[W]. The van der Waals surface area contributed by atoms with Crippen molar-refractivity contribution in [1.82, 2.24) is 64.4 Å². The van der Waals surface area contributed by atoms with Crippen molar-refractivity contribution in [2.24, 2.45) is 35.2 Å². The normalized spacial score (nSPS) is 12.5. The number of nitrogens with one attached hydrogen (secondary N) is 2. The van der Waals surface area contributed by atoms with Crippen molar-refractivity contribution < 1.29 is 77.9 Å². The van der Waals surface area contributed by atoms with Gasteiger partial charge in [-0.25, -0.2) is 4.79 Å². The molecule has 0 saturated carbocycles. The molecule has 1 atom stereocenters. The quantitative estimate of drug-likeness (QED) is 0.0469. The Kier molecular flexibility index (Phi) is 26.0. The van der Waals surface area contributed by atoms with Gasteiger partial charge in [0.05, 0.1) is 140 Å². The van der Waals surface area contributed by atoms with Gasteiger partial charge in [0.2, 0.25) is 11.8 Å². The van der Waals surface area contributed by atoms with Crippen LogP contribution in [0, 0.1) is 7.43 Å². The molecule has 25 nitrogen and oxygen atoms in total. The molecule has 1 saturated heterocycles. The fourth-order valence-electron chi connectivity index (χ4n) is 10.5. The topological polar surface area (TPSA) is 291 Å². The molecule has 6 aromatic carbocycles. The molecule has 1 unspecified atom stereocenters. The second-order valence-electron chi connectivity index (χ2n) is 21.8. The molecule has 1 fully saturated rings. The van der Waals surface area contributed by atoms with Crippen LogP contribution < -0.4 is 19.5 Å². The molecule has 8 aromatic heterocycles. The Balaban J connectivity index is 0.000000153. The summed E-state index contributed by atoms with van der Waals surface area (Å²) in [6.45, 7) is 4.62. The van der Waals surface area contributed by atoms with Crippen molar-refractivity contribution >= 4 is 175 Å². The number of ether oxygens (including phenoxy) is 5. The number of nitrogens with zero attached hydrogens (tertiary/aromatic N) is 11. The molecule has 3 N–H and O–H groups in total. The van der Waals surface area contributed by atoms with E-state index in [4.69, 9.17) is 32.5 Å². The largest absolute Gasteiger partial charge is 0.507 e. The molecule has 15 rings (SSSR count). The van der Waals surface area contributed by atoms with Gasteiger partial charge in [0.15, 0.2) is 0 Å². The number of imide groups is 1. The summed E-state index contributed by atoms with van der Waals surface area (Å²) in [5.74, 6) is 1.21. The Bertz CT molecular complexity index is 5240. The van der Waals surface area contributed by atoms with Crippen LogP contribution in [0.4, 0.5) is 0 Å². The van der Waals surface area contributed by atoms with Gasteiger partial charge in [-0.2, -0.15) is 30.6 Å². The van der Waals surface area contributed by atoms with Crippen LogP contribution in [0.5, 0.6) is 23.0 Å². The number of esters is 2. The average molecular weight is 1770 g/mol. The number of piperidine rings is 1. The van der Waals surface area contributed by atoms with Gasteiger partial charge in [-0.15, -0.1) is 0 Å². The molecule has 0 aliphatic carbocycles. The molecule has 0 bridgehead atoms. The Morgan fingerprint density at radius 1 is 0.596 bits per heavy atom. The summed E-state index contributed by atoms with van der Waals surface area (Å²) in [6, 6.07) is 23.1. The summed E-state index contributed by atoms with van der Waals surface area (Å²) in [4.78, 5) is 46.0. The molecule has 0 spiro atoms. The smallest absolute Gasteiger partial charge is 0.330 e. The van der Waals surface area contributed by atoms with Crippen LogP contribution in [-0.2, 0) is 91.4 Å². The first kappa shape index (κ1) is 75.6. The number of hydrogen-bond acceptors (Lipinski definition) is 18. The standard InChI is InChI=1S/C15H13N3O3.C14H15BrN2O3.C14H14N2O3.C9H9BrN2O.2C8H7BrN2O.CH3.W/c1-18-12-5-10-11(9-2-3-14(19)17-15(9)20)7-21-13(10)4-8(12)6-16-18;1-3-19-14(18)5-4-6-20-13-7-10-9-16-17(2)12(10)8-11(13)15;1-3-18-14(17)5-10-8-19-13-4-9-7-15-16(2)12(9)6-11(10)13;1-12-8-4-7(10)9(13-2)3-6(8)5-11-12;1-12-8-2-5-4-10-11-7(5)3-6(8)9;1-11-7-3-6(9)8(12)2-5(7)4-10-11;;/h4-7,9H,2-3H2,1H3,(H,17,19,20);4-5,7-9H,3,6H2,1-2H3;4,6-8H,3,5H2,1-2H3;3-5H,1-2H3;2-4H,1H3,(H,10,11);2-4,12H,1H3;1H3;/q;;;;;;-1;/b;5-4+;;;;;;. The first-order valence-corrected chi connectivity index (χ1v) is 33.2. The molecular weight excluding hydrogens is 1710 g/mol. The first-order valence-electron chi connectivity index (χ1n) is 30.0. The van der Waals surface area contributed by atoms with Gasteiger partial charge < -0.3 is 45.1 Å². The van der Waals surface area contributed by atoms with Gasteiger partial charge in [0.1, 0.15) is 40.8 Å². The van der Waals surface area contributed by atoms with Crippen molar-refractivity contribution in [1.29, 1.82) is 0 Å². The maximum absolute atomic E-state index is 12.0. The number of halogens is 4. The maximum atomic E-state index is 12.0. The van der Waals surface area contributed by atoms with E-state index in [0.717, 1.165) is 123 Å². The van der Waals surface area contributed by atoms with E-state index in [1.807, 2.05) is 113 Å². The van der Waals surface area contributed by atoms with Crippen molar-refractivity contribution in [3.63, 3.8) is 0 Å². The van der Waals surface area contributed by atoms with E-state index >= 15 is 0 Å². The average Bonchev–Trinajstić information content (AvgIpc) is 1.64. The molecule has 1 aliphatic heterocycles. The second-order valence-corrected chi connectivity index (χ2v) is 25.2. The predicted octanol–water partition coefficient (Wildman–Crippen LogP) is 14.3. The van der Waals surface area contributed by atoms with Crippen LogP contribution in [0.1, 0.15) is 43.7 Å². The van der Waals surface area contributed by atoms with Crippen LogP contribution in [0.3, 0.4) is 0 Å². The van der Waals surface area contributed by atoms with Gasteiger partial charge in [-0.1, -0.05) is 0 Å². The third-order valence-electron chi connectivity index (χ3n) is 15.5. The molecule has 30 heteroatoms. The van der Waals surface area contributed by atoms with E-state index in [0.29, 0.717) is 42.9 Å². The maximum Gasteiger partial charge on any atom is 0.330 e. The molecule has 9 heterocycles. The van der Waals surface area contributed by atoms with Gasteiger partial charge >= 0.3 is 11.9 Å². The third kappa shape index (κ3) is 17.8. The van der Waals surface area contributed by atoms with E-state index in [2.05, 4.69) is 105 Å². The molecular formula is C69H68Br4N13O12W-. The van der Waals surface area contributed by atoms with E-state index in [1.54, 1.807) is 102 Å². The zero-order valence-electron chi connectivity index (χ0n) is 55.3. The number of aromatic hydroxyl groups is 1. The van der Waals surface area contributed by atoms with E-state index in [9.17, 15) is 24.3 Å². The Labute approximate surface area is 614 Å². The minimum Gasteiger partial charge on any atom is -0.507 e. The van der Waals surface area contributed by atoms with Crippen LogP contribution in [0.15, 0.2) is 161 Å². The number of carbonyl (C=O) groups is 4. The van der Waals surface area contributed by atoms with Gasteiger partial charge in [0, 0.05) is 123 Å². The minimum absolute atomic E-state index is 0. The van der Waals surface area contributed by atoms with Crippen molar-refractivity contribution in [2.45, 2.75) is 39.0 Å². The zero-order chi connectivity index (χ0) is 69.2. The number of phenolic OH excluding ortho intramolecular Hbond substituents is 1. The number of amides is 2. The van der Waals surface area contributed by atoms with E-state index in [-0.39, 0.29) is 70.3 Å². The molecule has 1 aliphatic rings. The summed E-state index contributed by atoms with van der Waals surface area (Å²) in [6.07, 6.45) is 18.0. The van der Waals surface area contributed by atoms with Crippen LogP contribution in [0.2, 0.25) is 0 Å². The minimum atomic E-state index is -0.363. The van der Waals surface area contributed by atoms with Crippen LogP contribution in [0.25, 0.3) is 87.4 Å². The number of rotatable bonds is 11. The fraction of sp³-hybridized carbons (Fsp3) is 0.232. The zero-order valence-corrected chi connectivity index (χ0v) is 64.6. The fourth-order valence-corrected chi connectivity index (χ4v) is 12.3. The summed E-state index contributed by atoms with van der Waals surface area (Å²) >= 11 is 13.5. The van der Waals surface area contributed by atoms with E-state index in [1.165, 1.54) is 6.08 Å². The molecule has 2 amide bonds. The summed E-state index contributed by atoms with van der Waals surface area (Å²) in [5, 5.41) is 47.3. The number of hydrogen-bond donors (Lipinski definition) is 3.